The van der Waals surface area contributed by atoms with Gasteiger partial charge in [-0.05, 0) is 24.7 Å². The van der Waals surface area contributed by atoms with Gasteiger partial charge >= 0.3 is 0 Å². The molecular weight excluding hydrogens is 190 g/mol. The van der Waals surface area contributed by atoms with Crippen molar-refractivity contribution >= 4 is 0 Å². The van der Waals surface area contributed by atoms with Crippen LogP contribution in [-0.2, 0) is 4.74 Å². The summed E-state index contributed by atoms with van der Waals surface area (Å²) in [6.45, 7) is 9.25. The molecule has 3 nitrogen and oxygen atoms in total. The van der Waals surface area contributed by atoms with E-state index in [1.54, 1.807) is 0 Å². The molecule has 1 saturated heterocycles. The number of rotatable bonds is 5. The molecule has 0 spiro atoms. The molecular formula is C12H25NO2. The van der Waals surface area contributed by atoms with Crippen LogP contribution in [0, 0.1) is 5.41 Å². The quantitative estimate of drug-likeness (QED) is 0.564. The summed E-state index contributed by atoms with van der Waals surface area (Å²) in [5.41, 5.74) is 0.430. The molecule has 0 aliphatic carbocycles. The number of aliphatic hydroxyl groups is 1. The van der Waals surface area contributed by atoms with Crippen LogP contribution in [0.2, 0.25) is 0 Å². The van der Waals surface area contributed by atoms with Crippen molar-refractivity contribution in [1.29, 1.82) is 0 Å². The number of piperidine rings is 1. The first-order valence-corrected chi connectivity index (χ1v) is 6.09. The van der Waals surface area contributed by atoms with Crippen molar-refractivity contribution in [2.24, 2.45) is 5.41 Å². The molecule has 15 heavy (non-hydrogen) atoms. The minimum atomic E-state index is -0.687. The lowest BCUT2D eigenvalue weighted by atomic mass is 9.83. The van der Waals surface area contributed by atoms with Crippen LogP contribution in [0.3, 0.4) is 0 Å². The van der Waals surface area contributed by atoms with Crippen molar-refractivity contribution in [3.63, 3.8) is 0 Å². The number of unbranched alkanes of at least 4 members (excludes halogenated alkanes) is 1. The van der Waals surface area contributed by atoms with Crippen LogP contribution in [0.25, 0.3) is 0 Å². The van der Waals surface area contributed by atoms with Crippen molar-refractivity contribution in [1.82, 2.24) is 4.90 Å². The Morgan fingerprint density at radius 2 is 1.93 bits per heavy atom. The molecule has 1 atom stereocenters. The Labute approximate surface area is 93.4 Å². The summed E-state index contributed by atoms with van der Waals surface area (Å²) >= 11 is 0. The highest BCUT2D eigenvalue weighted by Crippen LogP contribution is 2.30. The summed E-state index contributed by atoms with van der Waals surface area (Å²) in [6.07, 6.45) is 3.73. The van der Waals surface area contributed by atoms with Gasteiger partial charge in [0.15, 0.2) is 0 Å². The first-order valence-electron chi connectivity index (χ1n) is 6.09. The molecule has 1 heterocycles. The van der Waals surface area contributed by atoms with Crippen molar-refractivity contribution in [3.05, 3.63) is 0 Å². The zero-order valence-electron chi connectivity index (χ0n) is 10.3. The predicted octanol–water partition coefficient (Wildman–Crippen LogP) is 2.20. The third-order valence-corrected chi connectivity index (χ3v) is 3.23. The Kier molecular flexibility index (Phi) is 5.03. The molecule has 1 fully saturated rings. The highest BCUT2D eigenvalue weighted by Gasteiger charge is 2.28. The molecule has 0 radical (unpaired) electrons. The number of likely N-dealkylation sites (tertiary alicyclic amines) is 1. The number of hydrogen-bond donors (Lipinski definition) is 1. The van der Waals surface area contributed by atoms with Crippen LogP contribution in [-0.4, -0.2) is 36.1 Å². The monoisotopic (exact) mass is 215 g/mol. The SMILES string of the molecule is CCCCOC(O)N1CCC(C)(C)CC1. The van der Waals surface area contributed by atoms with Gasteiger partial charge in [-0.15, -0.1) is 0 Å². The van der Waals surface area contributed by atoms with Gasteiger partial charge in [-0.1, -0.05) is 27.2 Å². The largest absolute Gasteiger partial charge is 0.356 e. The summed E-state index contributed by atoms with van der Waals surface area (Å²) in [5, 5.41) is 9.77. The van der Waals surface area contributed by atoms with E-state index >= 15 is 0 Å². The molecule has 0 aromatic heterocycles. The van der Waals surface area contributed by atoms with Crippen LogP contribution in [0.5, 0.6) is 0 Å². The standard InChI is InChI=1S/C12H25NO2/c1-4-5-10-15-11(14)13-8-6-12(2,3)7-9-13/h11,14H,4-10H2,1-3H3. The molecule has 0 bridgehead atoms. The second-order valence-corrected chi connectivity index (χ2v) is 5.25. The molecule has 1 unspecified atom stereocenters. The van der Waals surface area contributed by atoms with Crippen LogP contribution >= 0.6 is 0 Å². The maximum atomic E-state index is 9.77. The van der Waals surface area contributed by atoms with Crippen molar-refractivity contribution < 1.29 is 9.84 Å². The first kappa shape index (κ1) is 12.9. The Morgan fingerprint density at radius 3 is 2.47 bits per heavy atom. The zero-order valence-corrected chi connectivity index (χ0v) is 10.3. The lowest BCUT2D eigenvalue weighted by Gasteiger charge is -2.38. The molecule has 0 aromatic carbocycles. The molecule has 90 valence electrons. The number of nitrogens with zero attached hydrogens (tertiary/aromatic N) is 1. The van der Waals surface area contributed by atoms with E-state index in [0.717, 1.165) is 38.8 Å². The van der Waals surface area contributed by atoms with Crippen molar-refractivity contribution in [3.8, 4) is 0 Å². The zero-order chi connectivity index (χ0) is 11.3. The maximum Gasteiger partial charge on any atom is 0.216 e. The molecule has 1 N–H and O–H groups in total. The van der Waals surface area contributed by atoms with Gasteiger partial charge in [-0.3, -0.25) is 4.90 Å². The number of hydrogen-bond acceptors (Lipinski definition) is 3. The van der Waals surface area contributed by atoms with Crippen LogP contribution in [0.4, 0.5) is 0 Å². The van der Waals surface area contributed by atoms with Crippen molar-refractivity contribution in [2.45, 2.75) is 52.9 Å². The normalized spacial score (nSPS) is 24.0. The van der Waals surface area contributed by atoms with Gasteiger partial charge in [-0.2, -0.15) is 0 Å². The predicted molar refractivity (Wildman–Crippen MR) is 61.5 cm³/mol. The lowest BCUT2D eigenvalue weighted by Crippen LogP contribution is -2.44. The Morgan fingerprint density at radius 1 is 1.33 bits per heavy atom. The third-order valence-electron chi connectivity index (χ3n) is 3.23. The molecule has 1 aliphatic rings. The average Bonchev–Trinajstić information content (AvgIpc) is 2.18. The van der Waals surface area contributed by atoms with Gasteiger partial charge in [0.25, 0.3) is 0 Å². The van der Waals surface area contributed by atoms with Gasteiger partial charge in [0.05, 0.1) is 6.61 Å². The molecule has 3 heteroatoms. The summed E-state index contributed by atoms with van der Waals surface area (Å²) in [4.78, 5) is 2.03. The second kappa shape index (κ2) is 5.83. The van der Waals surface area contributed by atoms with E-state index in [9.17, 15) is 5.11 Å². The van der Waals surface area contributed by atoms with Crippen LogP contribution in [0.1, 0.15) is 46.5 Å². The fourth-order valence-electron chi connectivity index (χ4n) is 1.79. The topological polar surface area (TPSA) is 32.7 Å². The van der Waals surface area contributed by atoms with E-state index in [1.165, 1.54) is 0 Å². The maximum absolute atomic E-state index is 9.77. The molecule has 0 amide bonds. The van der Waals surface area contributed by atoms with Gasteiger partial charge in [0, 0.05) is 13.1 Å². The molecule has 1 aliphatic heterocycles. The number of ether oxygens (including phenoxy) is 1. The van der Waals surface area contributed by atoms with Gasteiger partial charge in [0.1, 0.15) is 0 Å². The Balaban J connectivity index is 2.21. The summed E-state index contributed by atoms with van der Waals surface area (Å²) in [5.74, 6) is 0. The highest BCUT2D eigenvalue weighted by atomic mass is 16.6. The summed E-state index contributed by atoms with van der Waals surface area (Å²) in [6, 6.07) is 0. The van der Waals surface area contributed by atoms with E-state index < -0.39 is 6.41 Å². The minimum Gasteiger partial charge on any atom is -0.356 e. The third kappa shape index (κ3) is 4.49. The fourth-order valence-corrected chi connectivity index (χ4v) is 1.79. The molecule has 0 aromatic rings. The summed E-state index contributed by atoms with van der Waals surface area (Å²) in [7, 11) is 0. The Bertz CT molecular complexity index is 172. The van der Waals surface area contributed by atoms with Gasteiger partial charge in [-0.25, -0.2) is 0 Å². The summed E-state index contributed by atoms with van der Waals surface area (Å²) < 4.78 is 5.37. The lowest BCUT2D eigenvalue weighted by molar-refractivity contribution is -0.202. The van der Waals surface area contributed by atoms with Crippen LogP contribution in [0.15, 0.2) is 0 Å². The second-order valence-electron chi connectivity index (χ2n) is 5.25. The van der Waals surface area contributed by atoms with Gasteiger partial charge < -0.3 is 9.84 Å². The van der Waals surface area contributed by atoms with E-state index in [1.807, 2.05) is 4.90 Å². The van der Waals surface area contributed by atoms with E-state index in [4.69, 9.17) is 4.74 Å². The van der Waals surface area contributed by atoms with E-state index in [-0.39, 0.29) is 0 Å². The van der Waals surface area contributed by atoms with E-state index in [2.05, 4.69) is 20.8 Å². The highest BCUT2D eigenvalue weighted by molar-refractivity contribution is 4.78. The van der Waals surface area contributed by atoms with Crippen LogP contribution < -0.4 is 0 Å². The minimum absolute atomic E-state index is 0.430. The van der Waals surface area contributed by atoms with E-state index in [0.29, 0.717) is 12.0 Å². The smallest absolute Gasteiger partial charge is 0.216 e. The Hall–Kier alpha value is -0.120. The fraction of sp³-hybridized carbons (Fsp3) is 1.00. The van der Waals surface area contributed by atoms with Crippen molar-refractivity contribution in [2.75, 3.05) is 19.7 Å². The van der Waals surface area contributed by atoms with Gasteiger partial charge in [0.2, 0.25) is 6.41 Å². The first-order chi connectivity index (χ1) is 7.05. The average molecular weight is 215 g/mol. The number of aliphatic hydroxyl groups excluding tert-OH is 1. The molecule has 1 rings (SSSR count). The molecule has 0 saturated carbocycles.